The van der Waals surface area contributed by atoms with Crippen LogP contribution in [0.5, 0.6) is 0 Å². The Kier molecular flexibility index (Phi) is 4.31. The van der Waals surface area contributed by atoms with Crippen LogP contribution in [0.15, 0.2) is 51.4 Å². The molecule has 2 aromatic carbocycles. The maximum atomic E-state index is 12.6. The van der Waals surface area contributed by atoms with E-state index < -0.39 is 0 Å². The number of anilines is 2. The van der Waals surface area contributed by atoms with Gasteiger partial charge in [0.15, 0.2) is 0 Å². The summed E-state index contributed by atoms with van der Waals surface area (Å²) in [5.41, 5.74) is 2.91. The third kappa shape index (κ3) is 3.14. The molecule has 0 aromatic heterocycles. The van der Waals surface area contributed by atoms with Gasteiger partial charge >= 0.3 is 0 Å². The molecule has 0 fully saturated rings. The average molecular weight is 410 g/mol. The topological polar surface area (TPSA) is 41.1 Å². The molecule has 2 aromatic rings. The average Bonchev–Trinajstić information content (AvgIpc) is 2.49. The number of halogens is 2. The molecule has 1 unspecified atom stereocenters. The molecule has 0 bridgehead atoms. The third-order valence-electron chi connectivity index (χ3n) is 3.59. The Morgan fingerprint density at radius 1 is 1.19 bits per heavy atom. The number of amides is 1. The van der Waals surface area contributed by atoms with Crippen molar-refractivity contribution in [1.29, 1.82) is 0 Å². The highest BCUT2D eigenvalue weighted by Gasteiger charge is 2.26. The van der Waals surface area contributed by atoms with Crippen LogP contribution in [0.3, 0.4) is 0 Å². The summed E-state index contributed by atoms with van der Waals surface area (Å²) in [5.74, 6) is -0.0787. The van der Waals surface area contributed by atoms with Crippen molar-refractivity contribution in [3.05, 3.63) is 57.0 Å². The standard InChI is InChI=1S/C16H14Br2N2O/c17-10-5-6-15(13(18)9-10)20-16(21)12-7-8-19-14-4-2-1-3-11(12)14/h1-6,9,12,19H,7-8H2,(H,20,21). The molecule has 108 valence electrons. The maximum absolute atomic E-state index is 12.6. The predicted octanol–water partition coefficient (Wildman–Crippen LogP) is 4.75. The van der Waals surface area contributed by atoms with E-state index in [4.69, 9.17) is 0 Å². The van der Waals surface area contributed by atoms with Gasteiger partial charge in [-0.25, -0.2) is 0 Å². The lowest BCUT2D eigenvalue weighted by atomic mass is 9.90. The quantitative estimate of drug-likeness (QED) is 0.751. The van der Waals surface area contributed by atoms with Crippen molar-refractivity contribution in [2.45, 2.75) is 12.3 Å². The van der Waals surface area contributed by atoms with E-state index in [1.807, 2.05) is 42.5 Å². The van der Waals surface area contributed by atoms with Crippen LogP contribution in [-0.4, -0.2) is 12.5 Å². The molecule has 21 heavy (non-hydrogen) atoms. The normalized spacial score (nSPS) is 16.8. The van der Waals surface area contributed by atoms with Crippen LogP contribution in [0.25, 0.3) is 0 Å². The second-order valence-electron chi connectivity index (χ2n) is 4.97. The van der Waals surface area contributed by atoms with E-state index in [2.05, 4.69) is 42.5 Å². The van der Waals surface area contributed by atoms with Crippen molar-refractivity contribution in [2.24, 2.45) is 0 Å². The number of nitrogens with one attached hydrogen (secondary N) is 2. The van der Waals surface area contributed by atoms with Crippen LogP contribution in [0.4, 0.5) is 11.4 Å². The van der Waals surface area contributed by atoms with Gasteiger partial charge < -0.3 is 10.6 Å². The van der Waals surface area contributed by atoms with Gasteiger partial charge in [0.05, 0.1) is 11.6 Å². The molecular weight excluding hydrogens is 396 g/mol. The molecule has 0 radical (unpaired) electrons. The number of fused-ring (bicyclic) bond motifs is 1. The summed E-state index contributed by atoms with van der Waals surface area (Å²) in [6, 6.07) is 13.7. The Morgan fingerprint density at radius 2 is 2.00 bits per heavy atom. The highest BCUT2D eigenvalue weighted by Crippen LogP contribution is 2.33. The molecule has 1 amide bonds. The minimum absolute atomic E-state index is 0.0342. The number of hydrogen-bond acceptors (Lipinski definition) is 2. The zero-order valence-corrected chi connectivity index (χ0v) is 14.4. The highest BCUT2D eigenvalue weighted by atomic mass is 79.9. The van der Waals surface area contributed by atoms with E-state index in [0.29, 0.717) is 0 Å². The van der Waals surface area contributed by atoms with E-state index in [9.17, 15) is 4.79 Å². The van der Waals surface area contributed by atoms with Crippen molar-refractivity contribution < 1.29 is 4.79 Å². The highest BCUT2D eigenvalue weighted by molar-refractivity contribution is 9.11. The number of rotatable bonds is 2. The van der Waals surface area contributed by atoms with Crippen molar-refractivity contribution in [1.82, 2.24) is 0 Å². The second-order valence-corrected chi connectivity index (χ2v) is 6.74. The van der Waals surface area contributed by atoms with Gasteiger partial charge in [-0.1, -0.05) is 34.1 Å². The number of carbonyl (C=O) groups excluding carboxylic acids is 1. The monoisotopic (exact) mass is 408 g/mol. The molecule has 0 spiro atoms. The molecule has 1 heterocycles. The lowest BCUT2D eigenvalue weighted by Gasteiger charge is -2.26. The van der Waals surface area contributed by atoms with Crippen molar-refractivity contribution >= 4 is 49.1 Å². The molecule has 0 saturated carbocycles. The number of hydrogen-bond donors (Lipinski definition) is 2. The summed E-state index contributed by atoms with van der Waals surface area (Å²) in [7, 11) is 0. The van der Waals surface area contributed by atoms with Crippen LogP contribution >= 0.6 is 31.9 Å². The first-order valence-corrected chi connectivity index (χ1v) is 8.32. The minimum atomic E-state index is -0.113. The maximum Gasteiger partial charge on any atom is 0.232 e. The van der Waals surface area contributed by atoms with Crippen molar-refractivity contribution in [3.63, 3.8) is 0 Å². The van der Waals surface area contributed by atoms with Crippen LogP contribution in [0.2, 0.25) is 0 Å². The van der Waals surface area contributed by atoms with Gasteiger partial charge in [-0.2, -0.15) is 0 Å². The third-order valence-corrected chi connectivity index (χ3v) is 4.74. The van der Waals surface area contributed by atoms with E-state index in [0.717, 1.165) is 38.8 Å². The Balaban J connectivity index is 1.83. The Labute approximate surface area is 140 Å². The van der Waals surface area contributed by atoms with Crippen LogP contribution in [-0.2, 0) is 4.79 Å². The fraction of sp³-hybridized carbons (Fsp3) is 0.188. The Bertz CT molecular complexity index is 688. The molecule has 1 aliphatic heterocycles. The smallest absolute Gasteiger partial charge is 0.232 e. The predicted molar refractivity (Wildman–Crippen MR) is 92.8 cm³/mol. The first-order chi connectivity index (χ1) is 10.1. The molecule has 3 rings (SSSR count). The van der Waals surface area contributed by atoms with Crippen molar-refractivity contribution in [3.8, 4) is 0 Å². The summed E-state index contributed by atoms with van der Waals surface area (Å²) in [4.78, 5) is 12.6. The molecule has 0 saturated heterocycles. The number of carbonyl (C=O) groups is 1. The van der Waals surface area contributed by atoms with Gasteiger partial charge in [-0.15, -0.1) is 0 Å². The summed E-state index contributed by atoms with van der Waals surface area (Å²) in [6.45, 7) is 0.816. The molecule has 1 atom stereocenters. The first-order valence-electron chi connectivity index (χ1n) is 6.74. The van der Waals surface area contributed by atoms with Crippen LogP contribution in [0.1, 0.15) is 17.9 Å². The Hall–Kier alpha value is -1.33. The zero-order chi connectivity index (χ0) is 14.8. The van der Waals surface area contributed by atoms with E-state index in [1.165, 1.54) is 0 Å². The number of para-hydroxylation sites is 1. The largest absolute Gasteiger partial charge is 0.385 e. The second kappa shape index (κ2) is 6.20. The lowest BCUT2D eigenvalue weighted by molar-refractivity contribution is -0.117. The lowest BCUT2D eigenvalue weighted by Crippen LogP contribution is -2.27. The summed E-state index contributed by atoms with van der Waals surface area (Å²) >= 11 is 6.88. The van der Waals surface area contributed by atoms with Crippen LogP contribution in [0, 0.1) is 0 Å². The fourth-order valence-corrected chi connectivity index (χ4v) is 3.70. The van der Waals surface area contributed by atoms with Gasteiger partial charge in [0, 0.05) is 21.2 Å². The van der Waals surface area contributed by atoms with Gasteiger partial charge in [-0.05, 0) is 52.2 Å². The van der Waals surface area contributed by atoms with E-state index in [1.54, 1.807) is 0 Å². The van der Waals surface area contributed by atoms with Gasteiger partial charge in [0.2, 0.25) is 5.91 Å². The van der Waals surface area contributed by atoms with E-state index in [-0.39, 0.29) is 11.8 Å². The van der Waals surface area contributed by atoms with Gasteiger partial charge in [-0.3, -0.25) is 4.79 Å². The zero-order valence-electron chi connectivity index (χ0n) is 11.2. The first kappa shape index (κ1) is 14.6. The summed E-state index contributed by atoms with van der Waals surface area (Å²) in [6.07, 6.45) is 0.803. The van der Waals surface area contributed by atoms with E-state index >= 15 is 0 Å². The Morgan fingerprint density at radius 3 is 2.81 bits per heavy atom. The molecule has 0 aliphatic carbocycles. The molecular formula is C16H14Br2N2O. The summed E-state index contributed by atoms with van der Waals surface area (Å²) < 4.78 is 1.84. The number of benzene rings is 2. The van der Waals surface area contributed by atoms with Gasteiger partial charge in [0.25, 0.3) is 0 Å². The molecule has 2 N–H and O–H groups in total. The molecule has 3 nitrogen and oxygen atoms in total. The van der Waals surface area contributed by atoms with Crippen LogP contribution < -0.4 is 10.6 Å². The molecule has 1 aliphatic rings. The fourth-order valence-electron chi connectivity index (χ4n) is 2.55. The molecule has 5 heteroatoms. The SMILES string of the molecule is O=C(Nc1ccc(Br)cc1Br)C1CCNc2ccccc21. The summed E-state index contributed by atoms with van der Waals surface area (Å²) in [5, 5.41) is 6.35. The van der Waals surface area contributed by atoms with Gasteiger partial charge in [0.1, 0.15) is 0 Å². The minimum Gasteiger partial charge on any atom is -0.385 e. The van der Waals surface area contributed by atoms with Crippen molar-refractivity contribution in [2.75, 3.05) is 17.2 Å².